The number of methoxy groups -OCH3 is 1. The van der Waals surface area contributed by atoms with Gasteiger partial charge in [-0.15, -0.1) is 0 Å². The van der Waals surface area contributed by atoms with Gasteiger partial charge in [-0.25, -0.2) is 0 Å². The Labute approximate surface area is 106 Å². The van der Waals surface area contributed by atoms with Gasteiger partial charge in [0, 0.05) is 19.7 Å². The van der Waals surface area contributed by atoms with Crippen LogP contribution < -0.4 is 5.32 Å². The molecule has 0 bridgehead atoms. The van der Waals surface area contributed by atoms with Crippen molar-refractivity contribution in [2.75, 3.05) is 33.3 Å². The van der Waals surface area contributed by atoms with Crippen molar-refractivity contribution in [3.05, 3.63) is 0 Å². The van der Waals surface area contributed by atoms with Gasteiger partial charge < -0.3 is 15.0 Å². The molecule has 2 fully saturated rings. The zero-order valence-electron chi connectivity index (χ0n) is 11.5. The molecule has 1 heterocycles. The second kappa shape index (κ2) is 6.17. The van der Waals surface area contributed by atoms with E-state index in [0.29, 0.717) is 0 Å². The normalized spacial score (nSPS) is 30.4. The minimum Gasteiger partial charge on any atom is -0.377 e. The van der Waals surface area contributed by atoms with Gasteiger partial charge in [0.15, 0.2) is 0 Å². The highest BCUT2D eigenvalue weighted by Crippen LogP contribution is 2.35. The van der Waals surface area contributed by atoms with E-state index in [2.05, 4.69) is 17.1 Å². The molecule has 0 amide bonds. The van der Waals surface area contributed by atoms with E-state index in [9.17, 15) is 0 Å². The van der Waals surface area contributed by atoms with Crippen LogP contribution >= 0.6 is 0 Å². The number of nitrogens with one attached hydrogen (secondary N) is 1. The second-order valence-corrected chi connectivity index (χ2v) is 5.72. The average molecular weight is 240 g/mol. The third-order valence-electron chi connectivity index (χ3n) is 4.58. The summed E-state index contributed by atoms with van der Waals surface area (Å²) in [5.74, 6) is 0. The van der Waals surface area contributed by atoms with Gasteiger partial charge in [0.25, 0.3) is 0 Å². The van der Waals surface area contributed by atoms with E-state index >= 15 is 0 Å². The highest BCUT2D eigenvalue weighted by Gasteiger charge is 2.38. The lowest BCUT2D eigenvalue weighted by molar-refractivity contribution is -0.0922. The summed E-state index contributed by atoms with van der Waals surface area (Å²) in [5, 5.41) is 3.64. The van der Waals surface area contributed by atoms with E-state index in [-0.39, 0.29) is 5.60 Å². The molecule has 1 aliphatic carbocycles. The first-order valence-electron chi connectivity index (χ1n) is 7.29. The first-order valence-corrected chi connectivity index (χ1v) is 7.29. The fourth-order valence-electron chi connectivity index (χ4n) is 3.07. The van der Waals surface area contributed by atoms with Gasteiger partial charge in [0.05, 0.1) is 5.60 Å². The Morgan fingerprint density at radius 2 is 2.12 bits per heavy atom. The molecule has 100 valence electrons. The summed E-state index contributed by atoms with van der Waals surface area (Å²) in [6, 6.07) is 0.720. The van der Waals surface area contributed by atoms with E-state index < -0.39 is 0 Å². The first kappa shape index (κ1) is 13.3. The van der Waals surface area contributed by atoms with Crippen LogP contribution in [0.2, 0.25) is 0 Å². The molecule has 1 saturated heterocycles. The lowest BCUT2D eigenvalue weighted by Crippen LogP contribution is -2.51. The minimum absolute atomic E-state index is 0.203. The molecule has 3 nitrogen and oxygen atoms in total. The molecule has 1 unspecified atom stereocenters. The van der Waals surface area contributed by atoms with Crippen molar-refractivity contribution in [2.45, 2.75) is 57.1 Å². The van der Waals surface area contributed by atoms with Gasteiger partial charge >= 0.3 is 0 Å². The van der Waals surface area contributed by atoms with Gasteiger partial charge in [-0.1, -0.05) is 6.92 Å². The van der Waals surface area contributed by atoms with Crippen LogP contribution in [0.4, 0.5) is 0 Å². The van der Waals surface area contributed by atoms with Crippen molar-refractivity contribution < 1.29 is 4.74 Å². The summed E-state index contributed by atoms with van der Waals surface area (Å²) in [4.78, 5) is 2.63. The Kier molecular flexibility index (Phi) is 4.83. The van der Waals surface area contributed by atoms with Crippen LogP contribution in [0.3, 0.4) is 0 Å². The molecular formula is C14H28N2O. The maximum Gasteiger partial charge on any atom is 0.0805 e. The molecule has 2 aliphatic rings. The molecule has 1 saturated carbocycles. The van der Waals surface area contributed by atoms with Gasteiger partial charge in [-0.05, 0) is 58.2 Å². The zero-order valence-corrected chi connectivity index (χ0v) is 11.5. The predicted molar refractivity (Wildman–Crippen MR) is 71.3 cm³/mol. The molecule has 1 aliphatic heterocycles. The van der Waals surface area contributed by atoms with Gasteiger partial charge in [0.1, 0.15) is 0 Å². The van der Waals surface area contributed by atoms with Gasteiger partial charge in [-0.3, -0.25) is 0 Å². The lowest BCUT2D eigenvalue weighted by atomic mass is 9.79. The van der Waals surface area contributed by atoms with Crippen LogP contribution in [-0.2, 0) is 4.74 Å². The predicted octanol–water partition coefficient (Wildman–Crippen LogP) is 2.02. The first-order chi connectivity index (χ1) is 8.28. The van der Waals surface area contributed by atoms with E-state index in [0.717, 1.165) is 12.6 Å². The Hall–Kier alpha value is -0.120. The molecule has 2 rings (SSSR count). The van der Waals surface area contributed by atoms with E-state index in [1.807, 2.05) is 7.11 Å². The van der Waals surface area contributed by atoms with Gasteiger partial charge in [-0.2, -0.15) is 0 Å². The molecule has 17 heavy (non-hydrogen) atoms. The number of nitrogens with zero attached hydrogens (tertiary/aromatic N) is 1. The van der Waals surface area contributed by atoms with Crippen LogP contribution in [-0.4, -0.2) is 49.8 Å². The van der Waals surface area contributed by atoms with E-state index in [1.54, 1.807) is 0 Å². The van der Waals surface area contributed by atoms with Crippen molar-refractivity contribution in [1.29, 1.82) is 0 Å². The molecule has 0 aromatic heterocycles. The van der Waals surface area contributed by atoms with E-state index in [4.69, 9.17) is 4.74 Å². The lowest BCUT2D eigenvalue weighted by Gasteiger charge is -2.44. The summed E-state index contributed by atoms with van der Waals surface area (Å²) in [7, 11) is 1.89. The quantitative estimate of drug-likeness (QED) is 0.813. The van der Waals surface area contributed by atoms with E-state index in [1.165, 1.54) is 58.2 Å². The van der Waals surface area contributed by atoms with Crippen LogP contribution in [0.1, 0.15) is 45.4 Å². The van der Waals surface area contributed by atoms with Crippen LogP contribution in [0.5, 0.6) is 0 Å². The average Bonchev–Trinajstić information content (AvgIpc) is 2.27. The van der Waals surface area contributed by atoms with Crippen molar-refractivity contribution in [1.82, 2.24) is 10.2 Å². The van der Waals surface area contributed by atoms with Gasteiger partial charge in [0.2, 0.25) is 0 Å². The maximum atomic E-state index is 5.74. The molecule has 0 spiro atoms. The number of rotatable bonds is 4. The topological polar surface area (TPSA) is 24.5 Å². The molecule has 0 aromatic carbocycles. The highest BCUT2D eigenvalue weighted by atomic mass is 16.5. The molecule has 1 N–H and O–H groups in total. The third kappa shape index (κ3) is 3.43. The summed E-state index contributed by atoms with van der Waals surface area (Å²) >= 11 is 0. The molecule has 1 atom stereocenters. The van der Waals surface area contributed by atoms with Crippen molar-refractivity contribution in [3.8, 4) is 0 Å². The minimum atomic E-state index is 0.203. The number of hydrogen-bond acceptors (Lipinski definition) is 3. The van der Waals surface area contributed by atoms with Crippen molar-refractivity contribution >= 4 is 0 Å². The standard InChI is InChI=1S/C14H28N2O/c1-3-13-6-11-16(10-5-9-15-13)12-14(17-2)7-4-8-14/h13,15H,3-12H2,1-2H3. The summed E-state index contributed by atoms with van der Waals surface area (Å²) < 4.78 is 5.74. The Balaban J connectivity index is 1.82. The second-order valence-electron chi connectivity index (χ2n) is 5.72. The SMILES string of the molecule is CCC1CCN(CC2(OC)CCC2)CCCN1. The zero-order chi connectivity index (χ0) is 12.1. The Bertz CT molecular complexity index is 223. The fourth-order valence-corrected chi connectivity index (χ4v) is 3.07. The highest BCUT2D eigenvalue weighted by molar-refractivity contribution is 4.92. The third-order valence-corrected chi connectivity index (χ3v) is 4.58. The smallest absolute Gasteiger partial charge is 0.0805 e. The summed E-state index contributed by atoms with van der Waals surface area (Å²) in [5.41, 5.74) is 0.203. The molecule has 3 heteroatoms. The van der Waals surface area contributed by atoms with Crippen molar-refractivity contribution in [3.63, 3.8) is 0 Å². The molecule has 0 aromatic rings. The summed E-state index contributed by atoms with van der Waals surface area (Å²) in [6.45, 7) is 7.08. The summed E-state index contributed by atoms with van der Waals surface area (Å²) in [6.07, 6.45) is 7.68. The van der Waals surface area contributed by atoms with Crippen molar-refractivity contribution in [2.24, 2.45) is 0 Å². The van der Waals surface area contributed by atoms with Crippen LogP contribution in [0.15, 0.2) is 0 Å². The fraction of sp³-hybridized carbons (Fsp3) is 1.00. The Morgan fingerprint density at radius 3 is 2.71 bits per heavy atom. The molecule has 0 radical (unpaired) electrons. The van der Waals surface area contributed by atoms with Crippen LogP contribution in [0.25, 0.3) is 0 Å². The Morgan fingerprint density at radius 1 is 1.29 bits per heavy atom. The largest absolute Gasteiger partial charge is 0.377 e. The molecular weight excluding hydrogens is 212 g/mol. The van der Waals surface area contributed by atoms with Crippen LogP contribution in [0, 0.1) is 0 Å². The monoisotopic (exact) mass is 240 g/mol. The maximum absolute atomic E-state index is 5.74. The number of ether oxygens (including phenoxy) is 1. The number of hydrogen-bond donors (Lipinski definition) is 1.